The van der Waals surface area contributed by atoms with Crippen molar-refractivity contribution in [2.45, 2.75) is 31.7 Å². The zero-order valence-corrected chi connectivity index (χ0v) is 14.7. The molecule has 0 saturated heterocycles. The van der Waals surface area contributed by atoms with E-state index in [2.05, 4.69) is 20.4 Å². The Bertz CT molecular complexity index is 971. The summed E-state index contributed by atoms with van der Waals surface area (Å²) in [4.78, 5) is 8.20. The quantitative estimate of drug-likeness (QED) is 0.692. The number of halogens is 3. The summed E-state index contributed by atoms with van der Waals surface area (Å²) >= 11 is 6.33. The number of rotatable bonds is 4. The van der Waals surface area contributed by atoms with Crippen LogP contribution in [0.5, 0.6) is 5.75 Å². The predicted molar refractivity (Wildman–Crippen MR) is 93.6 cm³/mol. The second kappa shape index (κ2) is 6.68. The van der Waals surface area contributed by atoms with E-state index in [-0.39, 0.29) is 33.8 Å². The van der Waals surface area contributed by atoms with Gasteiger partial charge < -0.3 is 10.1 Å². The Hall–Kier alpha value is -2.48. The van der Waals surface area contributed by atoms with Crippen LogP contribution in [-0.2, 0) is 0 Å². The van der Waals surface area contributed by atoms with Crippen molar-refractivity contribution in [2.24, 2.45) is 0 Å². The number of methoxy groups -OCH3 is 1. The number of benzene rings is 1. The molecule has 0 spiro atoms. The van der Waals surface area contributed by atoms with Crippen molar-refractivity contribution >= 4 is 23.2 Å². The minimum absolute atomic E-state index is 0.0151. The lowest BCUT2D eigenvalue weighted by Gasteiger charge is -2.19. The van der Waals surface area contributed by atoms with Crippen LogP contribution in [0.2, 0.25) is 5.15 Å². The number of hydrogen-bond donors (Lipinski definition) is 1. The summed E-state index contributed by atoms with van der Waals surface area (Å²) in [5.41, 5.74) is 0.231. The zero-order valence-electron chi connectivity index (χ0n) is 14.0. The average molecular weight is 380 g/mol. The first kappa shape index (κ1) is 17.0. The Kier molecular flexibility index (Phi) is 4.36. The number of fused-ring (bicyclic) bond motifs is 1. The van der Waals surface area contributed by atoms with Gasteiger partial charge in [0, 0.05) is 17.7 Å². The molecule has 1 aliphatic carbocycles. The Labute approximate surface area is 153 Å². The molecule has 0 atom stereocenters. The molecule has 1 aliphatic rings. The van der Waals surface area contributed by atoms with Crippen molar-refractivity contribution in [3.05, 3.63) is 35.2 Å². The van der Waals surface area contributed by atoms with Gasteiger partial charge in [0.05, 0.1) is 12.7 Å². The van der Waals surface area contributed by atoms with Crippen LogP contribution in [0.1, 0.15) is 25.7 Å². The first-order chi connectivity index (χ1) is 12.6. The molecule has 1 N–H and O–H groups in total. The Morgan fingerprint density at radius 2 is 2.00 bits per heavy atom. The zero-order chi connectivity index (χ0) is 18.3. The van der Waals surface area contributed by atoms with Gasteiger partial charge in [0.1, 0.15) is 23.1 Å². The summed E-state index contributed by atoms with van der Waals surface area (Å²) in [6, 6.07) is 2.25. The van der Waals surface area contributed by atoms with E-state index in [0.29, 0.717) is 5.82 Å². The third-order valence-electron chi connectivity index (χ3n) is 4.59. The fourth-order valence-electron chi connectivity index (χ4n) is 3.33. The van der Waals surface area contributed by atoms with Gasteiger partial charge in [-0.1, -0.05) is 24.4 Å². The molecular weight excluding hydrogens is 364 g/mol. The summed E-state index contributed by atoms with van der Waals surface area (Å²) in [5, 5.41) is 7.55. The molecule has 0 amide bonds. The fraction of sp³-hybridized carbons (Fsp3) is 0.353. The van der Waals surface area contributed by atoms with Crippen LogP contribution < -0.4 is 10.1 Å². The highest BCUT2D eigenvalue weighted by Gasteiger charge is 2.25. The molecule has 26 heavy (non-hydrogen) atoms. The van der Waals surface area contributed by atoms with Crippen molar-refractivity contribution in [1.29, 1.82) is 0 Å². The molecule has 1 aromatic carbocycles. The topological polar surface area (TPSA) is 64.3 Å². The first-order valence-corrected chi connectivity index (χ1v) is 8.65. The van der Waals surface area contributed by atoms with Crippen molar-refractivity contribution in [2.75, 3.05) is 12.4 Å². The fourth-order valence-corrected chi connectivity index (χ4v) is 3.60. The van der Waals surface area contributed by atoms with E-state index in [1.807, 2.05) is 0 Å². The van der Waals surface area contributed by atoms with Crippen LogP contribution in [-0.4, -0.2) is 32.7 Å². The maximum Gasteiger partial charge on any atom is 0.255 e. The lowest BCUT2D eigenvalue weighted by Crippen LogP contribution is -2.19. The normalized spacial score (nSPS) is 14.9. The molecule has 2 heterocycles. The van der Waals surface area contributed by atoms with E-state index in [9.17, 15) is 8.78 Å². The lowest BCUT2D eigenvalue weighted by molar-refractivity contribution is 0.383. The second-order valence-electron chi connectivity index (χ2n) is 6.19. The summed E-state index contributed by atoms with van der Waals surface area (Å²) in [6.45, 7) is 0. The van der Waals surface area contributed by atoms with Crippen LogP contribution >= 0.6 is 11.6 Å². The first-order valence-electron chi connectivity index (χ1n) is 8.27. The molecule has 0 bridgehead atoms. The standard InChI is InChI=1S/C17H16ClF2N5O/c1-26-13-7-11(19)10(6-12(13)20)14-15(18)24-17-21-8-22-25(17)16(14)23-9-4-2-3-5-9/h6-9,23H,2-5H2,1H3. The van der Waals surface area contributed by atoms with E-state index >= 15 is 0 Å². The van der Waals surface area contributed by atoms with Crippen LogP contribution in [0.15, 0.2) is 18.5 Å². The van der Waals surface area contributed by atoms with Crippen LogP contribution in [0.4, 0.5) is 14.6 Å². The second-order valence-corrected chi connectivity index (χ2v) is 6.55. The number of nitrogens with one attached hydrogen (secondary N) is 1. The lowest BCUT2D eigenvalue weighted by atomic mass is 10.1. The van der Waals surface area contributed by atoms with Gasteiger partial charge in [-0.2, -0.15) is 19.6 Å². The molecule has 0 radical (unpaired) electrons. The Morgan fingerprint density at radius 1 is 1.23 bits per heavy atom. The monoisotopic (exact) mass is 379 g/mol. The highest BCUT2D eigenvalue weighted by molar-refractivity contribution is 6.33. The molecule has 9 heteroatoms. The summed E-state index contributed by atoms with van der Waals surface area (Å²) < 4.78 is 35.2. The molecule has 136 valence electrons. The molecule has 1 saturated carbocycles. The summed E-state index contributed by atoms with van der Waals surface area (Å²) in [5.74, 6) is -0.796. The molecule has 0 aliphatic heterocycles. The number of ether oxygens (including phenoxy) is 1. The van der Waals surface area contributed by atoms with E-state index in [1.165, 1.54) is 18.0 Å². The van der Waals surface area contributed by atoms with Gasteiger partial charge in [0.2, 0.25) is 0 Å². The van der Waals surface area contributed by atoms with Crippen LogP contribution in [0.25, 0.3) is 16.9 Å². The van der Waals surface area contributed by atoms with Crippen molar-refractivity contribution in [3.63, 3.8) is 0 Å². The third-order valence-corrected chi connectivity index (χ3v) is 4.86. The third kappa shape index (κ3) is 2.84. The highest BCUT2D eigenvalue weighted by Crippen LogP contribution is 2.38. The minimum atomic E-state index is -0.689. The molecule has 2 aromatic heterocycles. The van der Waals surface area contributed by atoms with E-state index in [1.54, 1.807) is 0 Å². The van der Waals surface area contributed by atoms with E-state index in [4.69, 9.17) is 16.3 Å². The molecule has 3 aromatic rings. The van der Waals surface area contributed by atoms with Crippen molar-refractivity contribution in [1.82, 2.24) is 19.6 Å². The maximum atomic E-state index is 14.7. The van der Waals surface area contributed by atoms with Gasteiger partial charge in [0.25, 0.3) is 5.78 Å². The average Bonchev–Trinajstić information content (AvgIpc) is 3.28. The number of nitrogens with zero attached hydrogens (tertiary/aromatic N) is 4. The summed E-state index contributed by atoms with van der Waals surface area (Å²) in [6.07, 6.45) is 5.52. The van der Waals surface area contributed by atoms with Gasteiger partial charge in [-0.05, 0) is 18.9 Å². The van der Waals surface area contributed by atoms with E-state index < -0.39 is 11.6 Å². The molecular formula is C17H16ClF2N5O. The smallest absolute Gasteiger partial charge is 0.255 e. The molecule has 1 fully saturated rings. The highest BCUT2D eigenvalue weighted by atomic mass is 35.5. The van der Waals surface area contributed by atoms with Crippen LogP contribution in [0.3, 0.4) is 0 Å². The predicted octanol–water partition coefficient (Wildman–Crippen LogP) is 4.09. The van der Waals surface area contributed by atoms with Gasteiger partial charge in [0.15, 0.2) is 11.6 Å². The molecule has 6 nitrogen and oxygen atoms in total. The largest absolute Gasteiger partial charge is 0.494 e. The molecule has 4 rings (SSSR count). The van der Waals surface area contributed by atoms with E-state index in [0.717, 1.165) is 37.8 Å². The van der Waals surface area contributed by atoms with Gasteiger partial charge in [-0.15, -0.1) is 0 Å². The number of anilines is 1. The Morgan fingerprint density at radius 3 is 2.73 bits per heavy atom. The number of hydrogen-bond acceptors (Lipinski definition) is 5. The maximum absolute atomic E-state index is 14.7. The molecule has 0 unspecified atom stereocenters. The minimum Gasteiger partial charge on any atom is -0.494 e. The van der Waals surface area contributed by atoms with Gasteiger partial charge in [-0.25, -0.2) is 8.78 Å². The SMILES string of the molecule is COc1cc(F)c(-c2c(Cl)nc3ncnn3c2NC2CCCC2)cc1F. The van der Waals surface area contributed by atoms with Gasteiger partial charge in [-0.3, -0.25) is 0 Å². The van der Waals surface area contributed by atoms with Crippen molar-refractivity contribution in [3.8, 4) is 16.9 Å². The Balaban J connectivity index is 1.93. The summed E-state index contributed by atoms with van der Waals surface area (Å²) in [7, 11) is 1.28. The number of aromatic nitrogens is 4. The van der Waals surface area contributed by atoms with Crippen molar-refractivity contribution < 1.29 is 13.5 Å². The van der Waals surface area contributed by atoms with Gasteiger partial charge >= 0.3 is 0 Å². The van der Waals surface area contributed by atoms with Crippen LogP contribution in [0, 0.1) is 11.6 Å².